The number of hydrogen-bond acceptors (Lipinski definition) is 6. The molecule has 0 radical (unpaired) electrons. The highest BCUT2D eigenvalue weighted by Crippen LogP contribution is 2.32. The van der Waals surface area contributed by atoms with Gasteiger partial charge in [-0.3, -0.25) is 4.79 Å². The number of imidazole rings is 1. The molecule has 0 unspecified atom stereocenters. The lowest BCUT2D eigenvalue weighted by molar-refractivity contribution is -0.122. The van der Waals surface area contributed by atoms with Crippen LogP contribution in [0, 0.1) is 0 Å². The van der Waals surface area contributed by atoms with E-state index in [9.17, 15) is 13.2 Å². The molecule has 4 rings (SSSR count). The summed E-state index contributed by atoms with van der Waals surface area (Å²) in [6, 6.07) is 12.2. The molecule has 0 saturated heterocycles. The summed E-state index contributed by atoms with van der Waals surface area (Å²) < 4.78 is 36.8. The van der Waals surface area contributed by atoms with E-state index in [-0.39, 0.29) is 23.7 Å². The molecule has 0 spiro atoms. The number of rotatable bonds is 5. The third-order valence-corrected chi connectivity index (χ3v) is 5.67. The van der Waals surface area contributed by atoms with Crippen molar-refractivity contribution in [3.05, 3.63) is 48.0 Å². The van der Waals surface area contributed by atoms with E-state index in [4.69, 9.17) is 9.47 Å². The van der Waals surface area contributed by atoms with Crippen LogP contribution in [0.1, 0.15) is 18.5 Å². The summed E-state index contributed by atoms with van der Waals surface area (Å²) in [7, 11) is -3.59. The Morgan fingerprint density at radius 2 is 1.90 bits per heavy atom. The Morgan fingerprint density at radius 3 is 2.66 bits per heavy atom. The molecule has 1 aliphatic rings. The molecule has 1 atom stereocenters. The Balaban J connectivity index is 1.56. The average Bonchev–Trinajstić information content (AvgIpc) is 3.06. The number of nitrogens with zero attached hydrogens (tertiary/aromatic N) is 2. The van der Waals surface area contributed by atoms with Gasteiger partial charge in [0.1, 0.15) is 19.8 Å². The Hall–Kier alpha value is -3.07. The molecular formula is C20H21N3O5S. The zero-order valence-corrected chi connectivity index (χ0v) is 16.9. The molecule has 2 aromatic carbocycles. The van der Waals surface area contributed by atoms with Crippen LogP contribution in [0.25, 0.3) is 11.0 Å². The van der Waals surface area contributed by atoms with Gasteiger partial charge in [0.05, 0.1) is 17.1 Å². The van der Waals surface area contributed by atoms with E-state index < -0.39 is 9.84 Å². The van der Waals surface area contributed by atoms with E-state index >= 15 is 0 Å². The molecule has 9 heteroatoms. The topological polar surface area (TPSA) is 99.5 Å². The Morgan fingerprint density at radius 1 is 1.17 bits per heavy atom. The third-order valence-electron chi connectivity index (χ3n) is 4.70. The average molecular weight is 415 g/mol. The lowest BCUT2D eigenvalue weighted by Gasteiger charge is -2.21. The van der Waals surface area contributed by atoms with Crippen LogP contribution in [0.3, 0.4) is 0 Å². The van der Waals surface area contributed by atoms with Gasteiger partial charge in [0.15, 0.2) is 11.5 Å². The number of para-hydroxylation sites is 2. The monoisotopic (exact) mass is 415 g/mol. The third kappa shape index (κ3) is 3.91. The number of ether oxygens (including phenoxy) is 2. The standard InChI is InChI=1S/C20H21N3O5S/c1-13(14-7-8-17-18(11-14)28-10-9-27-17)21-19(24)12-23-16-6-4-3-5-15(16)22-20(23)29(2,25)26/h3-8,11,13H,9-10,12H2,1-2H3,(H,21,24)/t13-/m1/s1. The lowest BCUT2D eigenvalue weighted by atomic mass is 10.1. The molecule has 1 aliphatic heterocycles. The minimum Gasteiger partial charge on any atom is -0.486 e. The Kier molecular flexibility index (Phi) is 4.91. The second-order valence-electron chi connectivity index (χ2n) is 6.93. The molecular weight excluding hydrogens is 394 g/mol. The molecule has 0 aliphatic carbocycles. The molecule has 1 amide bonds. The van der Waals surface area contributed by atoms with Crippen molar-refractivity contribution in [3.8, 4) is 11.5 Å². The number of aromatic nitrogens is 2. The van der Waals surface area contributed by atoms with Crippen LogP contribution in [0.5, 0.6) is 11.5 Å². The molecule has 0 bridgehead atoms. The maximum Gasteiger partial charge on any atom is 0.240 e. The second-order valence-corrected chi connectivity index (χ2v) is 8.84. The van der Waals surface area contributed by atoms with Gasteiger partial charge in [-0.2, -0.15) is 0 Å². The quantitative estimate of drug-likeness (QED) is 0.685. The SMILES string of the molecule is C[C@@H](NC(=O)Cn1c(S(C)(=O)=O)nc2ccccc21)c1ccc2c(c1)OCCO2. The van der Waals surface area contributed by atoms with Gasteiger partial charge >= 0.3 is 0 Å². The van der Waals surface area contributed by atoms with Crippen LogP contribution in [0.15, 0.2) is 47.6 Å². The highest BCUT2D eigenvalue weighted by atomic mass is 32.2. The molecule has 8 nitrogen and oxygen atoms in total. The summed E-state index contributed by atoms with van der Waals surface area (Å²) in [5, 5.41) is 2.78. The first-order valence-electron chi connectivity index (χ1n) is 9.17. The van der Waals surface area contributed by atoms with Gasteiger partial charge in [0.2, 0.25) is 20.9 Å². The van der Waals surface area contributed by atoms with Crippen LogP contribution in [0.4, 0.5) is 0 Å². The number of carbonyl (C=O) groups excluding carboxylic acids is 1. The van der Waals surface area contributed by atoms with E-state index in [2.05, 4.69) is 10.3 Å². The normalized spacial score (nSPS) is 14.6. The van der Waals surface area contributed by atoms with E-state index in [1.807, 2.05) is 25.1 Å². The molecule has 152 valence electrons. The first kappa shape index (κ1) is 19.3. The summed E-state index contributed by atoms with van der Waals surface area (Å²) in [4.78, 5) is 16.9. The second kappa shape index (κ2) is 7.40. The van der Waals surface area contributed by atoms with Gasteiger partial charge in [0.25, 0.3) is 0 Å². The predicted octanol–water partition coefficient (Wildman–Crippen LogP) is 2.09. The van der Waals surface area contributed by atoms with Gasteiger partial charge in [-0.25, -0.2) is 13.4 Å². The van der Waals surface area contributed by atoms with Crippen molar-refractivity contribution in [1.82, 2.24) is 14.9 Å². The van der Waals surface area contributed by atoms with E-state index in [1.165, 1.54) is 4.57 Å². The molecule has 1 aromatic heterocycles. The fourth-order valence-corrected chi connectivity index (χ4v) is 4.16. The minimum atomic E-state index is -3.59. The van der Waals surface area contributed by atoms with Crippen LogP contribution in [0.2, 0.25) is 0 Å². The Labute approximate surface area is 168 Å². The van der Waals surface area contributed by atoms with Gasteiger partial charge in [0, 0.05) is 6.26 Å². The van der Waals surface area contributed by atoms with E-state index in [0.29, 0.717) is 35.7 Å². The summed E-state index contributed by atoms with van der Waals surface area (Å²) in [5.41, 5.74) is 1.98. The largest absolute Gasteiger partial charge is 0.486 e. The molecule has 1 N–H and O–H groups in total. The van der Waals surface area contributed by atoms with Crippen LogP contribution < -0.4 is 14.8 Å². The van der Waals surface area contributed by atoms with Gasteiger partial charge in [-0.15, -0.1) is 0 Å². The summed E-state index contributed by atoms with van der Waals surface area (Å²) in [6.07, 6.45) is 1.08. The highest BCUT2D eigenvalue weighted by molar-refractivity contribution is 7.90. The number of amides is 1. The lowest BCUT2D eigenvalue weighted by Crippen LogP contribution is -2.31. The smallest absolute Gasteiger partial charge is 0.240 e. The zero-order chi connectivity index (χ0) is 20.6. The Bertz CT molecular complexity index is 1190. The minimum absolute atomic E-state index is 0.124. The van der Waals surface area contributed by atoms with Gasteiger partial charge in [-0.1, -0.05) is 18.2 Å². The van der Waals surface area contributed by atoms with Crippen molar-refractivity contribution < 1.29 is 22.7 Å². The number of sulfone groups is 1. The van der Waals surface area contributed by atoms with Crippen molar-refractivity contribution in [2.24, 2.45) is 0 Å². The molecule has 2 heterocycles. The summed E-state index contributed by atoms with van der Waals surface area (Å²) in [5.74, 6) is 1.01. The fourth-order valence-electron chi connectivity index (χ4n) is 3.33. The van der Waals surface area contributed by atoms with Crippen LogP contribution >= 0.6 is 0 Å². The van der Waals surface area contributed by atoms with Crippen molar-refractivity contribution in [2.45, 2.75) is 24.7 Å². The number of nitrogens with one attached hydrogen (secondary N) is 1. The zero-order valence-electron chi connectivity index (χ0n) is 16.1. The first-order chi connectivity index (χ1) is 13.8. The van der Waals surface area contributed by atoms with Crippen LogP contribution in [-0.2, 0) is 21.2 Å². The molecule has 3 aromatic rings. The number of hydrogen-bond donors (Lipinski definition) is 1. The summed E-state index contributed by atoms with van der Waals surface area (Å²) >= 11 is 0. The van der Waals surface area contributed by atoms with Crippen molar-refractivity contribution in [2.75, 3.05) is 19.5 Å². The first-order valence-corrected chi connectivity index (χ1v) is 11.1. The molecule has 29 heavy (non-hydrogen) atoms. The van der Waals surface area contributed by atoms with Gasteiger partial charge in [-0.05, 0) is 36.8 Å². The fraction of sp³-hybridized carbons (Fsp3) is 0.300. The van der Waals surface area contributed by atoms with E-state index in [0.717, 1.165) is 11.8 Å². The maximum atomic E-state index is 12.7. The van der Waals surface area contributed by atoms with Crippen molar-refractivity contribution in [3.63, 3.8) is 0 Å². The number of fused-ring (bicyclic) bond motifs is 2. The van der Waals surface area contributed by atoms with Crippen LogP contribution in [-0.4, -0.2) is 43.3 Å². The maximum absolute atomic E-state index is 12.7. The van der Waals surface area contributed by atoms with Crippen molar-refractivity contribution in [1.29, 1.82) is 0 Å². The highest BCUT2D eigenvalue weighted by Gasteiger charge is 2.22. The van der Waals surface area contributed by atoms with Crippen molar-refractivity contribution >= 4 is 26.8 Å². The summed E-state index contributed by atoms with van der Waals surface area (Å²) in [6.45, 7) is 2.70. The predicted molar refractivity (Wildman–Crippen MR) is 107 cm³/mol. The number of carbonyl (C=O) groups is 1. The number of benzene rings is 2. The van der Waals surface area contributed by atoms with E-state index in [1.54, 1.807) is 24.3 Å². The van der Waals surface area contributed by atoms with Gasteiger partial charge < -0.3 is 19.4 Å². The molecule has 0 saturated carbocycles. The molecule has 0 fully saturated rings.